The Kier molecular flexibility index (Phi) is 43.5. The summed E-state index contributed by atoms with van der Waals surface area (Å²) in [7, 11) is 0. The van der Waals surface area contributed by atoms with Crippen molar-refractivity contribution >= 4 is 105 Å². The Labute approximate surface area is 742 Å². The smallest absolute Gasteiger partial charge is 0.330 e. The fourth-order valence-electron chi connectivity index (χ4n) is 13.8. The number of carbonyl (C=O) groups excluding carboxylic acids is 6. The molecule has 0 saturated carbocycles. The van der Waals surface area contributed by atoms with Gasteiger partial charge in [-0.15, -0.1) is 0 Å². The van der Waals surface area contributed by atoms with E-state index in [0.717, 1.165) is 143 Å². The number of hydrogen-bond donors (Lipinski definition) is 0. The predicted octanol–water partition coefficient (Wildman–Crippen LogP) is 24.3. The van der Waals surface area contributed by atoms with Gasteiger partial charge in [0, 0.05) is 36.5 Å². The Morgan fingerprint density at radius 2 is 0.294 bits per heavy atom. The minimum atomic E-state index is -0.386. The maximum absolute atomic E-state index is 12.6. The van der Waals surface area contributed by atoms with E-state index < -0.39 is 0 Å². The number of esters is 6. The molecule has 0 bridgehead atoms. The number of ether oxygens (including phenoxy) is 12. The zero-order chi connectivity index (χ0) is 87.7. The third-order valence-corrected chi connectivity index (χ3v) is 20.6. The Bertz CT molecular complexity index is 4250. The van der Waals surface area contributed by atoms with Crippen LogP contribution in [0.4, 0.5) is 0 Å². The molecule has 0 radical (unpaired) electrons. The van der Waals surface area contributed by atoms with Gasteiger partial charge in [-0.2, -0.15) is 0 Å². The van der Waals surface area contributed by atoms with Crippen LogP contribution in [0.5, 0.6) is 34.5 Å². The van der Waals surface area contributed by atoms with Crippen LogP contribution in [0, 0.1) is 0 Å². The number of unbranched alkanes of at least 4 members (excludes halogenated alkanes) is 18. The first kappa shape index (κ1) is 95.3. The predicted molar refractivity (Wildman–Crippen MR) is 501 cm³/mol. The Morgan fingerprint density at radius 3 is 0.429 bits per heavy atom. The van der Waals surface area contributed by atoms with Crippen molar-refractivity contribution in [2.45, 2.75) is 154 Å². The molecule has 10 aromatic carbocycles. The van der Waals surface area contributed by atoms with E-state index in [4.69, 9.17) is 56.8 Å². The third-order valence-electron chi connectivity index (χ3n) is 20.6. The first-order valence-corrected chi connectivity index (χ1v) is 44.8. The van der Waals surface area contributed by atoms with Crippen molar-refractivity contribution in [1.29, 1.82) is 0 Å². The van der Waals surface area contributed by atoms with Gasteiger partial charge in [0.15, 0.2) is 34.5 Å². The Morgan fingerprint density at radius 1 is 0.167 bits per heavy atom. The van der Waals surface area contributed by atoms with Gasteiger partial charge in [0.25, 0.3) is 0 Å². The molecule has 0 aromatic heterocycles. The van der Waals surface area contributed by atoms with E-state index in [1.165, 1.54) is 36.5 Å². The van der Waals surface area contributed by atoms with Gasteiger partial charge in [0.05, 0.1) is 79.3 Å². The lowest BCUT2D eigenvalue weighted by atomic mass is 9.93. The van der Waals surface area contributed by atoms with Crippen molar-refractivity contribution in [2.24, 2.45) is 0 Å². The van der Waals surface area contributed by atoms with Crippen LogP contribution in [0.2, 0.25) is 0 Å². The molecule has 18 heteroatoms. The molecule has 0 saturated heterocycles. The van der Waals surface area contributed by atoms with Gasteiger partial charge in [-0.3, -0.25) is 0 Å². The minimum absolute atomic E-state index is 0.297. The lowest BCUT2D eigenvalue weighted by molar-refractivity contribution is -0.138. The van der Waals surface area contributed by atoms with Crippen molar-refractivity contribution in [3.05, 3.63) is 288 Å². The molecule has 0 aliphatic heterocycles. The number of hydrogen-bond acceptors (Lipinski definition) is 18. The molecule has 0 heterocycles. The van der Waals surface area contributed by atoms with Crippen molar-refractivity contribution in [1.82, 2.24) is 0 Å². The van der Waals surface area contributed by atoms with Gasteiger partial charge in [-0.1, -0.05) is 182 Å². The summed E-state index contributed by atoms with van der Waals surface area (Å²) in [6, 6.07) is 70.2. The lowest BCUT2D eigenvalue weighted by Crippen LogP contribution is -2.06. The molecular weight excluding hydrogens is 1590 g/mol. The first-order chi connectivity index (χ1) is 62.1. The fourth-order valence-corrected chi connectivity index (χ4v) is 13.8. The molecule has 660 valence electrons. The maximum atomic E-state index is 12.6. The molecule has 10 aromatic rings. The zero-order valence-corrected chi connectivity index (χ0v) is 72.5. The van der Waals surface area contributed by atoms with Crippen LogP contribution in [0.1, 0.15) is 187 Å². The standard InChI is InChI=1S/C108H120O18/c109-103(61-55-85-43-19-13-20-44-85)121-73-37-7-1-31-67-115-97-79-91-92(80-98(97)116-68-32-2-8-38-74-122-104(110)62-56-86-45-21-14-22-46-86)94-82-100(118-70-34-4-10-40-76-124-106(112)64-58-88-49-25-16-26-50-88)102(120-72-36-6-12-42-78-126-108(114)66-60-90-53-29-18-30-54-90)84-96(94)95-83-101(119-71-35-5-11-41-77-125-107(113)65-59-89-51-27-17-28-52-89)99(81-93(91)95)117-69-33-3-9-39-75-123-105(111)63-57-87-47-23-15-24-48-87/h13-30,43-66,79-84H,1-12,31-42,67-78H2. The highest BCUT2D eigenvalue weighted by Crippen LogP contribution is 2.48. The highest BCUT2D eigenvalue weighted by Gasteiger charge is 2.22. The van der Waals surface area contributed by atoms with Crippen LogP contribution in [0.15, 0.2) is 255 Å². The summed E-state index contributed by atoms with van der Waals surface area (Å²) in [5.74, 6) is 1.04. The highest BCUT2D eigenvalue weighted by atomic mass is 16.6. The van der Waals surface area contributed by atoms with Gasteiger partial charge in [-0.05, 0) is 293 Å². The topological polar surface area (TPSA) is 213 Å². The lowest BCUT2D eigenvalue weighted by Gasteiger charge is -2.21. The second-order valence-corrected chi connectivity index (χ2v) is 30.6. The van der Waals surface area contributed by atoms with Crippen LogP contribution < -0.4 is 28.4 Å². The van der Waals surface area contributed by atoms with Crippen LogP contribution >= 0.6 is 0 Å². The first-order valence-electron chi connectivity index (χ1n) is 44.8. The van der Waals surface area contributed by atoms with Crippen molar-refractivity contribution < 1.29 is 85.6 Å². The number of rotatable bonds is 60. The second kappa shape index (κ2) is 57.5. The average molecular weight is 1710 g/mol. The summed E-state index contributed by atoms with van der Waals surface area (Å²) in [5.41, 5.74) is 5.50. The van der Waals surface area contributed by atoms with Crippen molar-refractivity contribution in [3.8, 4) is 34.5 Å². The maximum Gasteiger partial charge on any atom is 0.330 e. The molecule has 126 heavy (non-hydrogen) atoms. The van der Waals surface area contributed by atoms with E-state index in [2.05, 4.69) is 36.4 Å². The Hall–Kier alpha value is -13.0. The molecular formula is C108H120O18. The van der Waals surface area contributed by atoms with Gasteiger partial charge in [0.1, 0.15) is 0 Å². The molecule has 0 amide bonds. The summed E-state index contributed by atoms with van der Waals surface area (Å²) in [5, 5.41) is 5.20. The molecule has 0 atom stereocenters. The van der Waals surface area contributed by atoms with Crippen molar-refractivity contribution in [3.63, 3.8) is 0 Å². The third kappa shape index (κ3) is 36.8. The van der Waals surface area contributed by atoms with E-state index >= 15 is 0 Å². The highest BCUT2D eigenvalue weighted by molar-refractivity contribution is 6.27. The summed E-state index contributed by atoms with van der Waals surface area (Å²) in [6.07, 6.45) is 37.5. The molecule has 18 nitrogen and oxygen atoms in total. The van der Waals surface area contributed by atoms with Gasteiger partial charge >= 0.3 is 35.8 Å². The minimum Gasteiger partial charge on any atom is -0.490 e. The molecule has 0 aliphatic rings. The number of carbonyl (C=O) groups is 6. The number of fused-ring (bicyclic) bond motifs is 6. The number of benzene rings is 10. The Balaban J connectivity index is 0.925. The van der Waals surface area contributed by atoms with Gasteiger partial charge in [0.2, 0.25) is 0 Å². The SMILES string of the molecule is O=C(C=Cc1ccccc1)OCCCCCCOc1cc2c3cc(OCCCCCCOC(=O)C=Cc4ccccc4)c(OCCCCCCOC(=O)C=Cc4ccccc4)cc3c3cc(OCCCCCCOC(=O)C=Cc4ccccc4)c(OCCCCCCOC(=O)C=Cc4ccccc4)cc3c2cc1OCCCCCCOC(=O)C=Cc1ccccc1. The van der Waals surface area contributed by atoms with E-state index in [9.17, 15) is 28.8 Å². The average Bonchev–Trinajstić information content (AvgIpc) is 0.724. The quantitative estimate of drug-likeness (QED) is 0.0114. The monoisotopic (exact) mass is 1700 g/mol. The van der Waals surface area contributed by atoms with E-state index in [-0.39, 0.29) is 35.8 Å². The normalized spacial score (nSPS) is 11.5. The second-order valence-electron chi connectivity index (χ2n) is 30.6. The zero-order valence-electron chi connectivity index (χ0n) is 72.5. The summed E-state index contributed by atoms with van der Waals surface area (Å²) < 4.78 is 74.7. The van der Waals surface area contributed by atoms with Gasteiger partial charge in [-0.25, -0.2) is 28.8 Å². The summed E-state index contributed by atoms with van der Waals surface area (Å²) >= 11 is 0. The summed E-state index contributed by atoms with van der Waals surface area (Å²) in [4.78, 5) is 75.8. The van der Waals surface area contributed by atoms with E-state index in [1.807, 2.05) is 182 Å². The molecule has 10 rings (SSSR count). The molecule has 0 spiro atoms. The molecule has 0 N–H and O–H groups in total. The van der Waals surface area contributed by atoms with Crippen LogP contribution in [0.25, 0.3) is 68.8 Å². The van der Waals surface area contributed by atoms with E-state index in [0.29, 0.717) is 191 Å². The molecule has 0 fully saturated rings. The van der Waals surface area contributed by atoms with Crippen LogP contribution in [-0.2, 0) is 57.2 Å². The van der Waals surface area contributed by atoms with Crippen LogP contribution in [-0.4, -0.2) is 115 Å². The molecule has 0 unspecified atom stereocenters. The largest absolute Gasteiger partial charge is 0.490 e. The van der Waals surface area contributed by atoms with Gasteiger partial charge < -0.3 is 56.8 Å². The van der Waals surface area contributed by atoms with Crippen molar-refractivity contribution in [2.75, 3.05) is 79.3 Å². The summed E-state index contributed by atoms with van der Waals surface area (Å²) in [6.45, 7) is 4.03. The molecule has 0 aliphatic carbocycles. The van der Waals surface area contributed by atoms with E-state index in [1.54, 1.807) is 36.5 Å². The van der Waals surface area contributed by atoms with Crippen LogP contribution in [0.3, 0.4) is 0 Å². The fraction of sp³-hybridized carbons (Fsp3) is 0.333.